The quantitative estimate of drug-likeness (QED) is 0.666. The normalized spacial score (nSPS) is 9.40. The molecule has 15 heavy (non-hydrogen) atoms. The molecule has 0 amide bonds. The second kappa shape index (κ2) is 5.14. The Labute approximate surface area is 103 Å². The van der Waals surface area contributed by atoms with Gasteiger partial charge in [0.25, 0.3) is 0 Å². The van der Waals surface area contributed by atoms with E-state index in [9.17, 15) is 4.79 Å². The molecular weight excluding hydrogens is 328 g/mol. The highest BCUT2D eigenvalue weighted by Crippen LogP contribution is 2.29. The van der Waals surface area contributed by atoms with Crippen LogP contribution >= 0.6 is 31.9 Å². The Bertz CT molecular complexity index is 417. The van der Waals surface area contributed by atoms with Gasteiger partial charge in [0.05, 0.1) is 11.3 Å². The molecule has 1 aromatic carbocycles. The first kappa shape index (κ1) is 12.0. The van der Waals surface area contributed by atoms with Crippen LogP contribution in [0.5, 0.6) is 0 Å². The first-order valence-electron chi connectivity index (χ1n) is 3.85. The molecule has 6 heteroatoms. The van der Waals surface area contributed by atoms with E-state index in [2.05, 4.69) is 36.6 Å². The van der Waals surface area contributed by atoms with Crippen LogP contribution in [0, 0.1) is 11.3 Å². The lowest BCUT2D eigenvalue weighted by atomic mass is 10.2. The van der Waals surface area contributed by atoms with Gasteiger partial charge in [-0.15, -0.1) is 0 Å². The maximum atomic E-state index is 11.4. The third-order valence-corrected chi connectivity index (χ3v) is 2.89. The number of anilines is 1. The van der Waals surface area contributed by atoms with Gasteiger partial charge in [-0.3, -0.25) is 0 Å². The van der Waals surface area contributed by atoms with E-state index in [1.807, 2.05) is 0 Å². The fourth-order valence-electron chi connectivity index (χ4n) is 0.883. The number of benzene rings is 1. The van der Waals surface area contributed by atoms with Gasteiger partial charge in [-0.25, -0.2) is 4.79 Å². The molecule has 1 aromatic rings. The van der Waals surface area contributed by atoms with Crippen LogP contribution in [0.1, 0.15) is 10.4 Å². The van der Waals surface area contributed by atoms with Gasteiger partial charge in [0.2, 0.25) is 0 Å². The SMILES string of the molecule is N#CCOC(=O)c1cc(Br)c(N)c(Br)c1. The molecule has 0 aromatic heterocycles. The van der Waals surface area contributed by atoms with Crippen molar-refractivity contribution in [1.29, 1.82) is 5.26 Å². The molecule has 0 aliphatic carbocycles. The maximum absolute atomic E-state index is 11.4. The molecule has 4 nitrogen and oxygen atoms in total. The first-order valence-corrected chi connectivity index (χ1v) is 5.43. The van der Waals surface area contributed by atoms with Crippen molar-refractivity contribution >= 4 is 43.5 Å². The Kier molecular flexibility index (Phi) is 4.12. The summed E-state index contributed by atoms with van der Waals surface area (Å²) in [6.45, 7) is -0.265. The van der Waals surface area contributed by atoms with Crippen molar-refractivity contribution in [2.75, 3.05) is 12.3 Å². The topological polar surface area (TPSA) is 76.1 Å². The van der Waals surface area contributed by atoms with E-state index < -0.39 is 5.97 Å². The molecule has 0 heterocycles. The van der Waals surface area contributed by atoms with Gasteiger partial charge >= 0.3 is 5.97 Å². The Hall–Kier alpha value is -1.06. The van der Waals surface area contributed by atoms with Gasteiger partial charge in [-0.2, -0.15) is 5.26 Å². The highest BCUT2D eigenvalue weighted by atomic mass is 79.9. The molecule has 0 aliphatic heterocycles. The zero-order valence-corrected chi connectivity index (χ0v) is 10.6. The summed E-state index contributed by atoms with van der Waals surface area (Å²) in [5, 5.41) is 8.25. The zero-order chi connectivity index (χ0) is 11.4. The summed E-state index contributed by atoms with van der Waals surface area (Å²) in [5.74, 6) is -0.557. The number of ether oxygens (including phenoxy) is 1. The van der Waals surface area contributed by atoms with Crippen molar-refractivity contribution in [2.45, 2.75) is 0 Å². The molecule has 0 saturated heterocycles. The van der Waals surface area contributed by atoms with Crippen molar-refractivity contribution in [3.8, 4) is 6.07 Å². The molecule has 78 valence electrons. The van der Waals surface area contributed by atoms with E-state index in [1.54, 1.807) is 18.2 Å². The fraction of sp³-hybridized carbons (Fsp3) is 0.111. The van der Waals surface area contributed by atoms with Crippen molar-refractivity contribution < 1.29 is 9.53 Å². The van der Waals surface area contributed by atoms with Gasteiger partial charge in [0.1, 0.15) is 6.07 Å². The smallest absolute Gasteiger partial charge is 0.339 e. The summed E-state index contributed by atoms with van der Waals surface area (Å²) in [5.41, 5.74) is 6.49. The van der Waals surface area contributed by atoms with E-state index in [-0.39, 0.29) is 6.61 Å². The van der Waals surface area contributed by atoms with Crippen LogP contribution in [0.2, 0.25) is 0 Å². The number of hydrogen-bond acceptors (Lipinski definition) is 4. The molecular formula is C9H6Br2N2O2. The Morgan fingerprint density at radius 2 is 2.00 bits per heavy atom. The number of nitriles is 1. The Balaban J connectivity index is 2.97. The molecule has 0 bridgehead atoms. The Morgan fingerprint density at radius 3 is 2.47 bits per heavy atom. The lowest BCUT2D eigenvalue weighted by molar-refractivity contribution is 0.0555. The van der Waals surface area contributed by atoms with Crippen LogP contribution < -0.4 is 5.73 Å². The second-order valence-electron chi connectivity index (χ2n) is 2.59. The number of esters is 1. The number of nitrogen functional groups attached to an aromatic ring is 1. The average Bonchev–Trinajstić information content (AvgIpc) is 2.21. The lowest BCUT2D eigenvalue weighted by Gasteiger charge is -2.05. The van der Waals surface area contributed by atoms with Crippen molar-refractivity contribution in [1.82, 2.24) is 0 Å². The number of rotatable bonds is 2. The molecule has 0 unspecified atom stereocenters. The number of carbonyl (C=O) groups is 1. The minimum absolute atomic E-state index is 0.265. The summed E-state index contributed by atoms with van der Waals surface area (Å²) in [6, 6.07) is 4.80. The average molecular weight is 334 g/mol. The monoisotopic (exact) mass is 332 g/mol. The van der Waals surface area contributed by atoms with Gasteiger partial charge in [-0.1, -0.05) is 0 Å². The van der Waals surface area contributed by atoms with Gasteiger partial charge < -0.3 is 10.5 Å². The van der Waals surface area contributed by atoms with Gasteiger partial charge in [0.15, 0.2) is 6.61 Å². The van der Waals surface area contributed by atoms with Crippen LogP contribution in [-0.4, -0.2) is 12.6 Å². The molecule has 0 radical (unpaired) electrons. The van der Waals surface area contributed by atoms with Gasteiger partial charge in [-0.05, 0) is 44.0 Å². The van der Waals surface area contributed by atoms with E-state index in [1.165, 1.54) is 0 Å². The number of nitrogens with zero attached hydrogens (tertiary/aromatic N) is 1. The van der Waals surface area contributed by atoms with Crippen molar-refractivity contribution in [3.05, 3.63) is 26.6 Å². The molecule has 0 fully saturated rings. The van der Waals surface area contributed by atoms with E-state index in [0.717, 1.165) is 0 Å². The number of carbonyl (C=O) groups excluding carboxylic acids is 1. The summed E-state index contributed by atoms with van der Waals surface area (Å²) >= 11 is 6.41. The molecule has 0 atom stereocenters. The molecule has 1 rings (SSSR count). The first-order chi connectivity index (χ1) is 7.06. The highest BCUT2D eigenvalue weighted by Gasteiger charge is 2.11. The highest BCUT2D eigenvalue weighted by molar-refractivity contribution is 9.11. The van der Waals surface area contributed by atoms with Crippen LogP contribution in [0.4, 0.5) is 5.69 Å². The predicted octanol–water partition coefficient (Wildman–Crippen LogP) is 2.47. The number of hydrogen-bond donors (Lipinski definition) is 1. The summed E-state index contributed by atoms with van der Waals surface area (Å²) in [7, 11) is 0. The van der Waals surface area contributed by atoms with Crippen molar-refractivity contribution in [3.63, 3.8) is 0 Å². The molecule has 0 aliphatic rings. The third kappa shape index (κ3) is 2.94. The van der Waals surface area contributed by atoms with Crippen LogP contribution in [0.25, 0.3) is 0 Å². The Morgan fingerprint density at radius 1 is 1.47 bits per heavy atom. The molecule has 0 spiro atoms. The van der Waals surface area contributed by atoms with Crippen LogP contribution in [-0.2, 0) is 4.74 Å². The van der Waals surface area contributed by atoms with Crippen LogP contribution in [0.3, 0.4) is 0 Å². The molecule has 2 N–H and O–H groups in total. The second-order valence-corrected chi connectivity index (χ2v) is 4.30. The summed E-state index contributed by atoms with van der Waals surface area (Å²) < 4.78 is 5.84. The van der Waals surface area contributed by atoms with Crippen molar-refractivity contribution in [2.24, 2.45) is 0 Å². The van der Waals surface area contributed by atoms with Gasteiger partial charge in [0, 0.05) is 8.95 Å². The lowest BCUT2D eigenvalue weighted by Crippen LogP contribution is -2.06. The minimum atomic E-state index is -0.557. The van der Waals surface area contributed by atoms with E-state index in [0.29, 0.717) is 20.2 Å². The number of halogens is 2. The largest absolute Gasteiger partial charge is 0.447 e. The number of nitrogens with two attached hydrogens (primary N) is 1. The standard InChI is InChI=1S/C9H6Br2N2O2/c10-6-3-5(4-7(11)8(6)13)9(14)15-2-1-12/h3-4H,2,13H2. The zero-order valence-electron chi connectivity index (χ0n) is 7.46. The van der Waals surface area contributed by atoms with E-state index >= 15 is 0 Å². The third-order valence-electron chi connectivity index (χ3n) is 1.58. The summed E-state index contributed by atoms with van der Waals surface area (Å²) in [6.07, 6.45) is 0. The minimum Gasteiger partial charge on any atom is -0.447 e. The summed E-state index contributed by atoms with van der Waals surface area (Å²) in [4.78, 5) is 11.4. The maximum Gasteiger partial charge on any atom is 0.339 e. The fourth-order valence-corrected chi connectivity index (χ4v) is 2.07. The molecule has 0 saturated carbocycles. The van der Waals surface area contributed by atoms with E-state index in [4.69, 9.17) is 11.0 Å². The predicted molar refractivity (Wildman–Crippen MR) is 62.1 cm³/mol. The van der Waals surface area contributed by atoms with Crippen LogP contribution in [0.15, 0.2) is 21.1 Å².